The molecule has 2 heterocycles. The van der Waals surface area contributed by atoms with Gasteiger partial charge in [-0.2, -0.15) is 0 Å². The number of carbonyl (C=O) groups excluding carboxylic acids is 1. The van der Waals surface area contributed by atoms with E-state index in [1.807, 2.05) is 18.2 Å². The molecule has 0 fully saturated rings. The molecule has 2 aromatic heterocycles. The molecular formula is C18H14N8O. The maximum Gasteiger partial charge on any atom is 0.255 e. The summed E-state index contributed by atoms with van der Waals surface area (Å²) in [6.45, 7) is 0. The van der Waals surface area contributed by atoms with Gasteiger partial charge in [-0.25, -0.2) is 14.6 Å². The summed E-state index contributed by atoms with van der Waals surface area (Å²) >= 11 is 0. The summed E-state index contributed by atoms with van der Waals surface area (Å²) in [5.41, 5.74) is 2.60. The van der Waals surface area contributed by atoms with Gasteiger partial charge in [0.05, 0.1) is 5.69 Å². The van der Waals surface area contributed by atoms with E-state index in [1.165, 1.54) is 11.0 Å². The van der Waals surface area contributed by atoms with Crippen molar-refractivity contribution in [3.63, 3.8) is 0 Å². The van der Waals surface area contributed by atoms with Crippen LogP contribution in [-0.4, -0.2) is 36.1 Å². The van der Waals surface area contributed by atoms with Crippen molar-refractivity contribution in [3.05, 3.63) is 78.9 Å². The highest BCUT2D eigenvalue weighted by molar-refractivity contribution is 6.05. The highest BCUT2D eigenvalue weighted by Gasteiger charge is 2.08. The molecule has 0 aliphatic heterocycles. The molecule has 0 saturated carbocycles. The molecule has 0 aliphatic rings. The molecule has 0 unspecified atom stereocenters. The third-order valence-corrected chi connectivity index (χ3v) is 3.66. The Kier molecular flexibility index (Phi) is 4.48. The van der Waals surface area contributed by atoms with Crippen molar-refractivity contribution in [1.82, 2.24) is 30.2 Å². The van der Waals surface area contributed by atoms with Crippen molar-refractivity contribution in [2.45, 2.75) is 0 Å². The van der Waals surface area contributed by atoms with E-state index in [-0.39, 0.29) is 5.91 Å². The molecule has 2 aromatic carbocycles. The summed E-state index contributed by atoms with van der Waals surface area (Å²) < 4.78 is 1.51. The van der Waals surface area contributed by atoms with Crippen LogP contribution in [0.15, 0.2) is 73.3 Å². The summed E-state index contributed by atoms with van der Waals surface area (Å²) in [4.78, 5) is 20.8. The molecule has 4 rings (SSSR count). The van der Waals surface area contributed by atoms with Crippen molar-refractivity contribution in [1.29, 1.82) is 0 Å². The van der Waals surface area contributed by atoms with Crippen LogP contribution in [0.1, 0.15) is 10.4 Å². The fourth-order valence-corrected chi connectivity index (χ4v) is 2.44. The van der Waals surface area contributed by atoms with Crippen LogP contribution in [0, 0.1) is 0 Å². The number of hydrogen-bond donors (Lipinski definition) is 2. The average Bonchev–Trinajstić information content (AvgIpc) is 3.24. The van der Waals surface area contributed by atoms with Crippen molar-refractivity contribution < 1.29 is 4.79 Å². The second-order valence-electron chi connectivity index (χ2n) is 5.54. The van der Waals surface area contributed by atoms with E-state index in [2.05, 4.69) is 36.1 Å². The smallest absolute Gasteiger partial charge is 0.255 e. The largest absolute Gasteiger partial charge is 0.324 e. The maximum atomic E-state index is 12.6. The Balaban J connectivity index is 1.50. The van der Waals surface area contributed by atoms with Gasteiger partial charge in [-0.1, -0.05) is 12.1 Å². The normalized spacial score (nSPS) is 10.4. The molecule has 9 nitrogen and oxygen atoms in total. The predicted octanol–water partition coefficient (Wildman–Crippen LogP) is 2.45. The first-order valence-corrected chi connectivity index (χ1v) is 8.07. The standard InChI is InChI=1S/C18H14N8O/c27-17(22-15-6-2-7-16(11-15)26-12-21-24-25-26)13-4-1-5-14(10-13)23-18-19-8-3-9-20-18/h1-12H,(H,22,27)(H,19,20,23). The Bertz CT molecular complexity index is 1050. The summed E-state index contributed by atoms with van der Waals surface area (Å²) in [7, 11) is 0. The number of anilines is 3. The molecule has 9 heteroatoms. The van der Waals surface area contributed by atoms with Crippen LogP contribution in [0.25, 0.3) is 5.69 Å². The van der Waals surface area contributed by atoms with Gasteiger partial charge in [0.25, 0.3) is 5.91 Å². The van der Waals surface area contributed by atoms with Crippen molar-refractivity contribution in [3.8, 4) is 5.69 Å². The highest BCUT2D eigenvalue weighted by Crippen LogP contribution is 2.17. The van der Waals surface area contributed by atoms with Crippen LogP contribution in [0.5, 0.6) is 0 Å². The monoisotopic (exact) mass is 358 g/mol. The second-order valence-corrected chi connectivity index (χ2v) is 5.54. The Morgan fingerprint density at radius 1 is 0.926 bits per heavy atom. The van der Waals surface area contributed by atoms with Gasteiger partial charge in [0.15, 0.2) is 0 Å². The number of nitrogens with zero attached hydrogens (tertiary/aromatic N) is 6. The third-order valence-electron chi connectivity index (χ3n) is 3.66. The number of rotatable bonds is 5. The summed E-state index contributed by atoms with van der Waals surface area (Å²) in [5.74, 6) is 0.227. The zero-order valence-corrected chi connectivity index (χ0v) is 14.0. The lowest BCUT2D eigenvalue weighted by molar-refractivity contribution is 0.102. The lowest BCUT2D eigenvalue weighted by Crippen LogP contribution is -2.12. The molecule has 2 N–H and O–H groups in total. The van der Waals surface area contributed by atoms with Gasteiger partial charge >= 0.3 is 0 Å². The van der Waals surface area contributed by atoms with E-state index in [1.54, 1.807) is 48.8 Å². The molecule has 0 radical (unpaired) electrons. The first kappa shape index (κ1) is 16.3. The van der Waals surface area contributed by atoms with Gasteiger partial charge in [-0.3, -0.25) is 4.79 Å². The van der Waals surface area contributed by atoms with Gasteiger partial charge in [0.1, 0.15) is 6.33 Å². The van der Waals surface area contributed by atoms with E-state index in [9.17, 15) is 4.79 Å². The van der Waals surface area contributed by atoms with Crippen molar-refractivity contribution >= 4 is 23.2 Å². The molecule has 0 saturated heterocycles. The fourth-order valence-electron chi connectivity index (χ4n) is 2.44. The zero-order valence-electron chi connectivity index (χ0n) is 14.0. The van der Waals surface area contributed by atoms with Crippen LogP contribution in [0.2, 0.25) is 0 Å². The Morgan fingerprint density at radius 3 is 2.56 bits per heavy atom. The van der Waals surface area contributed by atoms with E-state index in [0.717, 1.165) is 11.4 Å². The Morgan fingerprint density at radius 2 is 1.74 bits per heavy atom. The van der Waals surface area contributed by atoms with Gasteiger partial charge in [0, 0.05) is 29.3 Å². The zero-order chi connectivity index (χ0) is 18.5. The topological polar surface area (TPSA) is 111 Å². The van der Waals surface area contributed by atoms with Gasteiger partial charge in [-0.05, 0) is 52.9 Å². The van der Waals surface area contributed by atoms with Gasteiger partial charge in [-0.15, -0.1) is 5.10 Å². The van der Waals surface area contributed by atoms with Gasteiger partial charge in [0.2, 0.25) is 5.95 Å². The molecule has 4 aromatic rings. The van der Waals surface area contributed by atoms with Crippen molar-refractivity contribution in [2.24, 2.45) is 0 Å². The predicted molar refractivity (Wildman–Crippen MR) is 98.9 cm³/mol. The summed E-state index contributed by atoms with van der Waals surface area (Å²) in [6, 6.07) is 16.1. The lowest BCUT2D eigenvalue weighted by Gasteiger charge is -2.09. The Labute approximate surface area is 154 Å². The minimum Gasteiger partial charge on any atom is -0.324 e. The number of amides is 1. The van der Waals surface area contributed by atoms with Crippen LogP contribution < -0.4 is 10.6 Å². The third kappa shape index (κ3) is 3.93. The molecule has 1 amide bonds. The summed E-state index contributed by atoms with van der Waals surface area (Å²) in [6.07, 6.45) is 4.77. The van der Waals surface area contributed by atoms with Crippen LogP contribution in [-0.2, 0) is 0 Å². The van der Waals surface area contributed by atoms with E-state index >= 15 is 0 Å². The fraction of sp³-hybridized carbons (Fsp3) is 0. The molecule has 27 heavy (non-hydrogen) atoms. The van der Waals surface area contributed by atoms with E-state index < -0.39 is 0 Å². The number of tetrazole rings is 1. The molecule has 0 atom stereocenters. The number of benzene rings is 2. The number of aromatic nitrogens is 6. The number of nitrogens with one attached hydrogen (secondary N) is 2. The van der Waals surface area contributed by atoms with Gasteiger partial charge < -0.3 is 10.6 Å². The number of carbonyl (C=O) groups is 1. The SMILES string of the molecule is O=C(Nc1cccc(-n2cnnn2)c1)c1cccc(Nc2ncccn2)c1. The van der Waals surface area contributed by atoms with Crippen LogP contribution in [0.3, 0.4) is 0 Å². The average molecular weight is 358 g/mol. The van der Waals surface area contributed by atoms with Crippen LogP contribution >= 0.6 is 0 Å². The molecule has 0 aliphatic carbocycles. The van der Waals surface area contributed by atoms with E-state index in [4.69, 9.17) is 0 Å². The maximum absolute atomic E-state index is 12.6. The Hall–Kier alpha value is -4.14. The van der Waals surface area contributed by atoms with Crippen molar-refractivity contribution in [2.75, 3.05) is 10.6 Å². The number of hydrogen-bond acceptors (Lipinski definition) is 7. The quantitative estimate of drug-likeness (QED) is 0.564. The molecule has 0 bridgehead atoms. The summed E-state index contributed by atoms with van der Waals surface area (Å²) in [5, 5.41) is 17.0. The molecular weight excluding hydrogens is 344 g/mol. The molecule has 0 spiro atoms. The first-order valence-electron chi connectivity index (χ1n) is 8.07. The second kappa shape index (κ2) is 7.40. The molecule has 132 valence electrons. The lowest BCUT2D eigenvalue weighted by atomic mass is 10.2. The van der Waals surface area contributed by atoms with E-state index in [0.29, 0.717) is 17.2 Å². The highest BCUT2D eigenvalue weighted by atomic mass is 16.1. The minimum absolute atomic E-state index is 0.235. The van der Waals surface area contributed by atoms with Crippen LogP contribution in [0.4, 0.5) is 17.3 Å². The first-order chi connectivity index (χ1) is 13.3. The minimum atomic E-state index is -0.235.